The molecule has 20 heavy (non-hydrogen) atoms. The Morgan fingerprint density at radius 1 is 1.15 bits per heavy atom. The van der Waals surface area contributed by atoms with Crippen molar-refractivity contribution in [2.45, 2.75) is 38.5 Å². The van der Waals surface area contributed by atoms with Gasteiger partial charge in [0.05, 0.1) is 17.8 Å². The van der Waals surface area contributed by atoms with Crippen LogP contribution < -0.4 is 0 Å². The summed E-state index contributed by atoms with van der Waals surface area (Å²) in [6.45, 7) is 1.66. The second-order valence-electron chi connectivity index (χ2n) is 6.55. The molecule has 0 unspecified atom stereocenters. The molecule has 1 saturated heterocycles. The molecule has 1 saturated carbocycles. The first-order valence-corrected chi connectivity index (χ1v) is 7.70. The largest absolute Gasteiger partial charge is 0.366 e. The first kappa shape index (κ1) is 12.1. The molecule has 3 heteroatoms. The first-order chi connectivity index (χ1) is 9.77. The molecule has 1 aliphatic carbocycles. The van der Waals surface area contributed by atoms with Crippen molar-refractivity contribution < 1.29 is 4.79 Å². The molecule has 4 rings (SSSR count). The molecule has 0 atom stereocenters. The molecule has 1 aromatic heterocycles. The number of hydrogen-bond acceptors (Lipinski definition) is 3. The Kier molecular flexibility index (Phi) is 2.69. The second-order valence-corrected chi connectivity index (χ2v) is 6.55. The number of pyridine rings is 1. The highest BCUT2D eigenvalue weighted by molar-refractivity contribution is 6.24. The molecular formula is C17H20N2O. The van der Waals surface area contributed by atoms with E-state index in [0.29, 0.717) is 12.0 Å². The fraction of sp³-hybridized carbons (Fsp3) is 0.529. The van der Waals surface area contributed by atoms with Gasteiger partial charge in [0.15, 0.2) is 5.78 Å². The van der Waals surface area contributed by atoms with Crippen LogP contribution in [0.1, 0.15) is 44.2 Å². The monoisotopic (exact) mass is 268 g/mol. The molecule has 0 radical (unpaired) electrons. The van der Waals surface area contributed by atoms with Crippen molar-refractivity contribution in [1.29, 1.82) is 0 Å². The molecule has 0 bridgehead atoms. The zero-order chi connectivity index (χ0) is 13.6. The van der Waals surface area contributed by atoms with Crippen LogP contribution in [0.3, 0.4) is 0 Å². The van der Waals surface area contributed by atoms with Gasteiger partial charge in [-0.1, -0.05) is 25.3 Å². The molecule has 0 N–H and O–H groups in total. The van der Waals surface area contributed by atoms with Gasteiger partial charge >= 0.3 is 0 Å². The number of aromatic nitrogens is 1. The van der Waals surface area contributed by atoms with Crippen molar-refractivity contribution in [3.05, 3.63) is 35.8 Å². The molecule has 104 valence electrons. The van der Waals surface area contributed by atoms with Gasteiger partial charge in [0.2, 0.25) is 0 Å². The highest BCUT2D eigenvalue weighted by atomic mass is 16.1. The quantitative estimate of drug-likeness (QED) is 0.785. The van der Waals surface area contributed by atoms with Crippen molar-refractivity contribution in [2.75, 3.05) is 13.1 Å². The molecule has 1 aromatic rings. The lowest BCUT2D eigenvalue weighted by Gasteiger charge is -2.33. The third kappa shape index (κ3) is 1.80. The summed E-state index contributed by atoms with van der Waals surface area (Å²) >= 11 is 0. The minimum absolute atomic E-state index is 0.254. The lowest BCUT2D eigenvalue weighted by atomic mass is 9.73. The van der Waals surface area contributed by atoms with Crippen LogP contribution >= 0.6 is 0 Å². The minimum atomic E-state index is 0.254. The van der Waals surface area contributed by atoms with Gasteiger partial charge in [-0.3, -0.25) is 9.78 Å². The maximum Gasteiger partial charge on any atom is 0.185 e. The molecule has 3 heterocycles. The molecule has 3 aliphatic rings. The van der Waals surface area contributed by atoms with E-state index in [0.717, 1.165) is 24.2 Å². The number of Topliss-reactive ketones (excluding diaryl/α,β-unsaturated/α-hetero) is 1. The van der Waals surface area contributed by atoms with E-state index < -0.39 is 0 Å². The van der Waals surface area contributed by atoms with Gasteiger partial charge in [-0.25, -0.2) is 0 Å². The lowest BCUT2D eigenvalue weighted by molar-refractivity contribution is -0.113. The van der Waals surface area contributed by atoms with Crippen LogP contribution in [-0.4, -0.2) is 28.8 Å². The summed E-state index contributed by atoms with van der Waals surface area (Å²) in [5.41, 5.74) is 3.49. The molecule has 0 aromatic carbocycles. The second kappa shape index (κ2) is 4.44. The van der Waals surface area contributed by atoms with Crippen LogP contribution in [0.15, 0.2) is 30.1 Å². The summed E-state index contributed by atoms with van der Waals surface area (Å²) in [4.78, 5) is 19.1. The van der Waals surface area contributed by atoms with E-state index in [2.05, 4.69) is 9.88 Å². The van der Waals surface area contributed by atoms with Crippen LogP contribution in [0.5, 0.6) is 0 Å². The summed E-state index contributed by atoms with van der Waals surface area (Å²) in [6, 6.07) is 5.84. The van der Waals surface area contributed by atoms with Gasteiger partial charge in [-0.05, 0) is 36.8 Å². The van der Waals surface area contributed by atoms with E-state index in [1.165, 1.54) is 37.8 Å². The van der Waals surface area contributed by atoms with Crippen LogP contribution in [0.2, 0.25) is 0 Å². The molecular weight excluding hydrogens is 248 g/mol. The number of carbonyl (C=O) groups is 1. The van der Waals surface area contributed by atoms with Crippen molar-refractivity contribution in [3.8, 4) is 0 Å². The predicted octanol–water partition coefficient (Wildman–Crippen LogP) is 3.03. The number of allylic oxidation sites excluding steroid dienone is 1. The van der Waals surface area contributed by atoms with Crippen LogP contribution in [0.4, 0.5) is 0 Å². The van der Waals surface area contributed by atoms with Crippen molar-refractivity contribution >= 4 is 11.4 Å². The highest BCUT2D eigenvalue weighted by Crippen LogP contribution is 2.51. The fourth-order valence-corrected chi connectivity index (χ4v) is 4.27. The number of ketones is 1. The van der Waals surface area contributed by atoms with Crippen LogP contribution in [0.25, 0.3) is 5.57 Å². The summed E-state index contributed by atoms with van der Waals surface area (Å²) < 4.78 is 0. The predicted molar refractivity (Wildman–Crippen MR) is 77.9 cm³/mol. The smallest absolute Gasteiger partial charge is 0.185 e. The Balaban J connectivity index is 1.73. The average Bonchev–Trinajstić information content (AvgIpc) is 2.93. The third-order valence-electron chi connectivity index (χ3n) is 5.19. The highest BCUT2D eigenvalue weighted by Gasteiger charge is 2.46. The average molecular weight is 268 g/mol. The van der Waals surface area contributed by atoms with Gasteiger partial charge in [0.1, 0.15) is 0 Å². The van der Waals surface area contributed by atoms with Crippen molar-refractivity contribution in [2.24, 2.45) is 5.41 Å². The molecule has 1 spiro atoms. The number of rotatable bonds is 1. The maximum atomic E-state index is 12.3. The van der Waals surface area contributed by atoms with Gasteiger partial charge in [0, 0.05) is 18.4 Å². The summed E-state index contributed by atoms with van der Waals surface area (Å²) in [5, 5.41) is 0. The van der Waals surface area contributed by atoms with Gasteiger partial charge in [-0.15, -0.1) is 0 Å². The lowest BCUT2D eigenvalue weighted by Crippen LogP contribution is -2.30. The fourth-order valence-electron chi connectivity index (χ4n) is 4.27. The van der Waals surface area contributed by atoms with E-state index in [4.69, 9.17) is 0 Å². The van der Waals surface area contributed by atoms with E-state index in [-0.39, 0.29) is 5.78 Å². The summed E-state index contributed by atoms with van der Waals surface area (Å²) in [6.07, 6.45) is 9.62. The normalized spacial score (nSPS) is 24.6. The van der Waals surface area contributed by atoms with E-state index in [1.54, 1.807) is 6.20 Å². The van der Waals surface area contributed by atoms with E-state index in [9.17, 15) is 4.79 Å². The number of fused-ring (bicyclic) bond motifs is 1. The van der Waals surface area contributed by atoms with E-state index >= 15 is 0 Å². The Hall–Kier alpha value is -1.64. The Bertz CT molecular complexity index is 570. The van der Waals surface area contributed by atoms with Gasteiger partial charge in [-0.2, -0.15) is 0 Å². The minimum Gasteiger partial charge on any atom is -0.366 e. The van der Waals surface area contributed by atoms with Crippen LogP contribution in [-0.2, 0) is 4.79 Å². The standard InChI is InChI=1S/C17H20N2O/c20-15-11-19-12-17(7-3-1-4-8-17)10-14(19)16(15)13-6-2-5-9-18-13/h2,5-6,9H,1,3-4,7-8,10-12H2. The van der Waals surface area contributed by atoms with Crippen molar-refractivity contribution in [3.63, 3.8) is 0 Å². The Morgan fingerprint density at radius 3 is 2.75 bits per heavy atom. The zero-order valence-corrected chi connectivity index (χ0v) is 11.8. The SMILES string of the molecule is O=C1CN2CC3(CCCCC3)CC2=C1c1ccccn1. The van der Waals surface area contributed by atoms with Crippen molar-refractivity contribution in [1.82, 2.24) is 9.88 Å². The molecule has 2 fully saturated rings. The maximum absolute atomic E-state index is 12.3. The zero-order valence-electron chi connectivity index (χ0n) is 11.8. The molecule has 3 nitrogen and oxygen atoms in total. The number of nitrogens with zero attached hydrogens (tertiary/aromatic N) is 2. The summed E-state index contributed by atoms with van der Waals surface area (Å²) in [7, 11) is 0. The summed E-state index contributed by atoms with van der Waals surface area (Å²) in [5.74, 6) is 0.254. The van der Waals surface area contributed by atoms with Gasteiger partial charge < -0.3 is 4.90 Å². The molecule has 0 amide bonds. The Labute approximate surface area is 119 Å². The first-order valence-electron chi connectivity index (χ1n) is 7.70. The Morgan fingerprint density at radius 2 is 2.00 bits per heavy atom. The molecule has 2 aliphatic heterocycles. The van der Waals surface area contributed by atoms with Gasteiger partial charge in [0.25, 0.3) is 0 Å². The van der Waals surface area contributed by atoms with E-state index in [1.807, 2.05) is 18.2 Å². The number of carbonyl (C=O) groups excluding carboxylic acids is 1. The topological polar surface area (TPSA) is 33.2 Å². The number of hydrogen-bond donors (Lipinski definition) is 0. The third-order valence-corrected chi connectivity index (χ3v) is 5.19. The van der Waals surface area contributed by atoms with Crippen LogP contribution in [0, 0.1) is 5.41 Å².